The molecule has 0 saturated carbocycles. The third-order valence-electron chi connectivity index (χ3n) is 4.49. The van der Waals surface area contributed by atoms with Gasteiger partial charge in [0.2, 0.25) is 0 Å². The first kappa shape index (κ1) is 18.1. The molecule has 26 heavy (non-hydrogen) atoms. The smallest absolute Gasteiger partial charge is 0.272 e. The Kier molecular flexibility index (Phi) is 5.68. The van der Waals surface area contributed by atoms with Crippen molar-refractivity contribution in [2.45, 2.75) is 32.9 Å². The van der Waals surface area contributed by atoms with Crippen LogP contribution in [0, 0.1) is 0 Å². The van der Waals surface area contributed by atoms with Gasteiger partial charge >= 0.3 is 0 Å². The Morgan fingerprint density at radius 1 is 1.15 bits per heavy atom. The highest BCUT2D eigenvalue weighted by Crippen LogP contribution is 2.21. The summed E-state index contributed by atoms with van der Waals surface area (Å²) in [7, 11) is 0. The van der Waals surface area contributed by atoms with Crippen LogP contribution in [-0.4, -0.2) is 38.8 Å². The van der Waals surface area contributed by atoms with Gasteiger partial charge in [0.15, 0.2) is 0 Å². The minimum Gasteiger partial charge on any atom is -0.396 e. The minimum absolute atomic E-state index is 0.0578. The van der Waals surface area contributed by atoms with Crippen LogP contribution in [0.4, 0.5) is 0 Å². The lowest BCUT2D eigenvalue weighted by Gasteiger charge is -2.24. The fourth-order valence-corrected chi connectivity index (χ4v) is 3.21. The molecule has 1 heterocycles. The molecule has 1 aromatic heterocycles. The first-order valence-electron chi connectivity index (χ1n) is 9.02. The zero-order valence-corrected chi connectivity index (χ0v) is 15.3. The lowest BCUT2D eigenvalue weighted by Crippen LogP contribution is -2.34. The van der Waals surface area contributed by atoms with Gasteiger partial charge in [-0.05, 0) is 42.7 Å². The van der Waals surface area contributed by atoms with E-state index in [0.717, 1.165) is 16.3 Å². The summed E-state index contributed by atoms with van der Waals surface area (Å²) in [6.07, 6.45) is 2.21. The van der Waals surface area contributed by atoms with Crippen LogP contribution < -0.4 is 0 Å². The molecule has 2 aromatic carbocycles. The summed E-state index contributed by atoms with van der Waals surface area (Å²) in [5.41, 5.74) is 1.68. The Labute approximate surface area is 153 Å². The van der Waals surface area contributed by atoms with Crippen LogP contribution in [0.15, 0.2) is 54.7 Å². The molecule has 3 aromatic rings. The van der Waals surface area contributed by atoms with Gasteiger partial charge in [-0.25, -0.2) is 0 Å². The van der Waals surface area contributed by atoms with Gasteiger partial charge in [-0.1, -0.05) is 42.5 Å². The second kappa shape index (κ2) is 8.15. The maximum atomic E-state index is 13.2. The predicted molar refractivity (Wildman–Crippen MR) is 103 cm³/mol. The number of aliphatic hydroxyl groups is 1. The maximum absolute atomic E-state index is 13.2. The molecule has 3 rings (SSSR count). The van der Waals surface area contributed by atoms with Gasteiger partial charge in [-0.2, -0.15) is 5.10 Å². The minimum atomic E-state index is -0.0578. The highest BCUT2D eigenvalue weighted by Gasteiger charge is 2.21. The maximum Gasteiger partial charge on any atom is 0.272 e. The monoisotopic (exact) mass is 351 g/mol. The Morgan fingerprint density at radius 2 is 1.92 bits per heavy atom. The van der Waals surface area contributed by atoms with Crippen LogP contribution in [0.2, 0.25) is 0 Å². The van der Waals surface area contributed by atoms with Crippen LogP contribution in [0.3, 0.4) is 0 Å². The summed E-state index contributed by atoms with van der Waals surface area (Å²) in [5.74, 6) is -0.0578. The van der Waals surface area contributed by atoms with Gasteiger partial charge < -0.3 is 10.0 Å². The van der Waals surface area contributed by atoms with Crippen LogP contribution in [-0.2, 0) is 6.54 Å². The number of carbonyl (C=O) groups excluding carboxylic acids is 1. The van der Waals surface area contributed by atoms with Crippen molar-refractivity contribution in [3.63, 3.8) is 0 Å². The second-order valence-corrected chi connectivity index (χ2v) is 6.70. The largest absolute Gasteiger partial charge is 0.396 e. The molecule has 5 heteroatoms. The van der Waals surface area contributed by atoms with E-state index in [1.165, 1.54) is 0 Å². The molecular weight excluding hydrogens is 326 g/mol. The van der Waals surface area contributed by atoms with Crippen molar-refractivity contribution < 1.29 is 9.90 Å². The lowest BCUT2D eigenvalue weighted by atomic mass is 10.0. The van der Waals surface area contributed by atoms with E-state index in [1.807, 2.05) is 32.0 Å². The summed E-state index contributed by atoms with van der Waals surface area (Å²) in [4.78, 5) is 15.0. The summed E-state index contributed by atoms with van der Waals surface area (Å²) < 4.78 is 1.75. The van der Waals surface area contributed by atoms with Crippen molar-refractivity contribution >= 4 is 16.7 Å². The van der Waals surface area contributed by atoms with Gasteiger partial charge in [-0.15, -0.1) is 0 Å². The average Bonchev–Trinajstić information content (AvgIpc) is 3.15. The standard InChI is InChI=1S/C21H25N3O2/c1-16(2)24-20(11-12-22-24)21(26)23(13-6-14-25)15-18-9-5-8-17-7-3-4-10-19(17)18/h3-5,7-12,16,25H,6,13-15H2,1-2H3. The molecule has 1 amide bonds. The molecule has 0 aliphatic heterocycles. The zero-order valence-electron chi connectivity index (χ0n) is 15.3. The fourth-order valence-electron chi connectivity index (χ4n) is 3.21. The average molecular weight is 351 g/mol. The predicted octanol–water partition coefficient (Wildman–Crippen LogP) is 3.64. The van der Waals surface area contributed by atoms with Crippen LogP contribution in [0.5, 0.6) is 0 Å². The molecule has 0 atom stereocenters. The van der Waals surface area contributed by atoms with Gasteiger partial charge in [0, 0.05) is 31.9 Å². The van der Waals surface area contributed by atoms with E-state index in [2.05, 4.69) is 29.4 Å². The topological polar surface area (TPSA) is 58.4 Å². The van der Waals surface area contributed by atoms with E-state index in [1.54, 1.807) is 21.8 Å². The molecular formula is C21H25N3O2. The summed E-state index contributed by atoms with van der Waals surface area (Å²) >= 11 is 0. The van der Waals surface area contributed by atoms with Crippen LogP contribution in [0.1, 0.15) is 42.4 Å². The molecule has 1 N–H and O–H groups in total. The fraction of sp³-hybridized carbons (Fsp3) is 0.333. The van der Waals surface area contributed by atoms with E-state index >= 15 is 0 Å². The zero-order chi connectivity index (χ0) is 18.5. The van der Waals surface area contributed by atoms with Crippen molar-refractivity contribution in [3.05, 3.63) is 66.0 Å². The van der Waals surface area contributed by atoms with Gasteiger partial charge in [0.25, 0.3) is 5.91 Å². The first-order valence-corrected chi connectivity index (χ1v) is 9.02. The quantitative estimate of drug-likeness (QED) is 0.707. The molecule has 5 nitrogen and oxygen atoms in total. The van der Waals surface area contributed by atoms with E-state index in [4.69, 9.17) is 0 Å². The number of rotatable bonds is 7. The van der Waals surface area contributed by atoms with E-state index in [-0.39, 0.29) is 18.6 Å². The van der Waals surface area contributed by atoms with Crippen molar-refractivity contribution in [1.29, 1.82) is 0 Å². The van der Waals surface area contributed by atoms with Crippen molar-refractivity contribution in [3.8, 4) is 0 Å². The Morgan fingerprint density at radius 3 is 2.69 bits per heavy atom. The third-order valence-corrected chi connectivity index (χ3v) is 4.49. The first-order chi connectivity index (χ1) is 12.6. The molecule has 136 valence electrons. The van der Waals surface area contributed by atoms with Gasteiger partial charge in [0.1, 0.15) is 5.69 Å². The van der Waals surface area contributed by atoms with Crippen molar-refractivity contribution in [2.24, 2.45) is 0 Å². The molecule has 0 unspecified atom stereocenters. The third kappa shape index (κ3) is 3.78. The second-order valence-electron chi connectivity index (χ2n) is 6.70. The van der Waals surface area contributed by atoms with E-state index < -0.39 is 0 Å². The molecule has 0 aliphatic carbocycles. The Bertz CT molecular complexity index is 880. The number of hydrogen-bond donors (Lipinski definition) is 1. The number of nitrogens with zero attached hydrogens (tertiary/aromatic N) is 3. The number of aliphatic hydroxyl groups excluding tert-OH is 1. The van der Waals surface area contributed by atoms with Crippen LogP contribution in [0.25, 0.3) is 10.8 Å². The number of carbonyl (C=O) groups is 1. The number of benzene rings is 2. The number of aromatic nitrogens is 2. The molecule has 0 radical (unpaired) electrons. The SMILES string of the molecule is CC(C)n1nccc1C(=O)N(CCCO)Cc1cccc2ccccc12. The van der Waals surface area contributed by atoms with Crippen LogP contribution >= 0.6 is 0 Å². The summed E-state index contributed by atoms with van der Waals surface area (Å²) in [6, 6.07) is 16.2. The molecule has 0 aliphatic rings. The highest BCUT2D eigenvalue weighted by molar-refractivity contribution is 5.93. The Balaban J connectivity index is 1.93. The number of amides is 1. The molecule has 0 bridgehead atoms. The molecule has 0 saturated heterocycles. The summed E-state index contributed by atoms with van der Waals surface area (Å²) in [6.45, 7) is 5.08. The van der Waals surface area contributed by atoms with E-state index in [0.29, 0.717) is 25.2 Å². The molecule has 0 spiro atoms. The van der Waals surface area contributed by atoms with E-state index in [9.17, 15) is 9.90 Å². The highest BCUT2D eigenvalue weighted by atomic mass is 16.3. The van der Waals surface area contributed by atoms with Crippen molar-refractivity contribution in [2.75, 3.05) is 13.2 Å². The normalized spacial score (nSPS) is 11.2. The van der Waals surface area contributed by atoms with Gasteiger partial charge in [-0.3, -0.25) is 9.48 Å². The van der Waals surface area contributed by atoms with Crippen molar-refractivity contribution in [1.82, 2.24) is 14.7 Å². The van der Waals surface area contributed by atoms with Gasteiger partial charge in [0.05, 0.1) is 0 Å². The Hall–Kier alpha value is -2.66. The number of fused-ring (bicyclic) bond motifs is 1. The number of hydrogen-bond acceptors (Lipinski definition) is 3. The molecule has 0 fully saturated rings. The lowest BCUT2D eigenvalue weighted by molar-refractivity contribution is 0.0718. The summed E-state index contributed by atoms with van der Waals surface area (Å²) in [5, 5.41) is 15.8.